The fourth-order valence-electron chi connectivity index (χ4n) is 1.41. The lowest BCUT2D eigenvalue weighted by atomic mass is 10.1. The monoisotopic (exact) mass is 255 g/mol. The summed E-state index contributed by atoms with van der Waals surface area (Å²) in [5, 5.41) is 44.9. The zero-order valence-electron chi connectivity index (χ0n) is 9.24. The maximum atomic E-state index is 11.1. The second-order valence-corrected chi connectivity index (χ2v) is 3.56. The van der Waals surface area contributed by atoms with Crippen molar-refractivity contribution in [1.82, 2.24) is 5.48 Å². The number of aliphatic hydroxyl groups excluding tert-OH is 1. The van der Waals surface area contributed by atoms with E-state index in [1.807, 2.05) is 0 Å². The third kappa shape index (κ3) is 3.54. The van der Waals surface area contributed by atoms with Crippen LogP contribution in [0, 0.1) is 0 Å². The highest BCUT2D eigenvalue weighted by Gasteiger charge is 2.35. The van der Waals surface area contributed by atoms with Gasteiger partial charge in [0.25, 0.3) is 5.91 Å². The Morgan fingerprint density at radius 2 is 1.72 bits per heavy atom. The van der Waals surface area contributed by atoms with Gasteiger partial charge in [0.15, 0.2) is 0 Å². The second kappa shape index (κ2) is 5.61. The molecule has 0 atom stereocenters. The fourth-order valence-corrected chi connectivity index (χ4v) is 1.41. The van der Waals surface area contributed by atoms with Gasteiger partial charge in [-0.3, -0.25) is 10.0 Å². The van der Waals surface area contributed by atoms with Gasteiger partial charge < -0.3 is 20.4 Å². The molecule has 0 fully saturated rings. The van der Waals surface area contributed by atoms with Gasteiger partial charge in [0.2, 0.25) is 0 Å². The molecule has 1 aromatic carbocycles. The van der Waals surface area contributed by atoms with Crippen molar-refractivity contribution in [3.05, 3.63) is 47.2 Å². The average Bonchev–Trinajstić information content (AvgIpc) is 2.28. The molecule has 7 nitrogen and oxygen atoms in total. The minimum atomic E-state index is -3.55. The quantitative estimate of drug-likeness (QED) is 0.137. The Balaban J connectivity index is 3.09. The van der Waals surface area contributed by atoms with Crippen molar-refractivity contribution in [2.45, 2.75) is 12.4 Å². The number of benzene rings is 1. The van der Waals surface area contributed by atoms with Crippen LogP contribution in [0.15, 0.2) is 41.7 Å². The summed E-state index contributed by atoms with van der Waals surface area (Å²) < 4.78 is 0. The number of hydrogen-bond donors (Lipinski definition) is 6. The molecule has 0 aliphatic rings. The number of carbonyl (C=O) groups is 1. The van der Waals surface area contributed by atoms with Gasteiger partial charge in [-0.1, -0.05) is 30.3 Å². The summed E-state index contributed by atoms with van der Waals surface area (Å²) in [5.41, 5.74) is 0.529. The Bertz CT molecular complexity index is 448. The number of hydrogen-bond acceptors (Lipinski definition) is 6. The minimum absolute atomic E-state index is 0.215. The lowest BCUT2D eigenvalue weighted by Gasteiger charge is -2.18. The predicted molar refractivity (Wildman–Crippen MR) is 59.1 cm³/mol. The van der Waals surface area contributed by atoms with Crippen LogP contribution in [0.2, 0.25) is 0 Å². The van der Waals surface area contributed by atoms with Gasteiger partial charge in [-0.25, -0.2) is 5.48 Å². The molecule has 0 saturated heterocycles. The maximum Gasteiger partial charge on any atom is 0.313 e. The summed E-state index contributed by atoms with van der Waals surface area (Å²) in [5.74, 6) is -5.75. The predicted octanol–water partition coefficient (Wildman–Crippen LogP) is -0.823. The molecule has 18 heavy (non-hydrogen) atoms. The van der Waals surface area contributed by atoms with E-state index in [4.69, 9.17) is 20.5 Å². The lowest BCUT2D eigenvalue weighted by Crippen LogP contribution is -2.40. The molecule has 0 bridgehead atoms. The molecule has 1 amide bonds. The van der Waals surface area contributed by atoms with E-state index in [9.17, 15) is 9.90 Å². The number of hydroxylamine groups is 1. The first-order chi connectivity index (χ1) is 8.36. The van der Waals surface area contributed by atoms with E-state index in [1.165, 1.54) is 0 Å². The summed E-state index contributed by atoms with van der Waals surface area (Å²) >= 11 is 0. The highest BCUT2D eigenvalue weighted by Crippen LogP contribution is 2.17. The Morgan fingerprint density at radius 3 is 2.17 bits per heavy atom. The summed E-state index contributed by atoms with van der Waals surface area (Å²) in [6, 6.07) is 8.34. The van der Waals surface area contributed by atoms with Gasteiger partial charge in [-0.15, -0.1) is 0 Å². The van der Waals surface area contributed by atoms with E-state index in [1.54, 1.807) is 30.3 Å². The van der Waals surface area contributed by atoms with E-state index in [2.05, 4.69) is 0 Å². The number of aliphatic hydroxyl groups is 4. The molecule has 0 aromatic heterocycles. The number of nitrogens with one attached hydrogen (secondary N) is 1. The van der Waals surface area contributed by atoms with Crippen LogP contribution in [0.4, 0.5) is 0 Å². The van der Waals surface area contributed by atoms with Gasteiger partial charge in [0.1, 0.15) is 11.3 Å². The smallest absolute Gasteiger partial charge is 0.313 e. The van der Waals surface area contributed by atoms with Gasteiger partial charge in [0, 0.05) is 6.42 Å². The van der Waals surface area contributed by atoms with E-state index in [0.717, 1.165) is 5.48 Å². The Labute approximate surface area is 102 Å². The molecule has 0 heterocycles. The molecular weight excluding hydrogens is 242 g/mol. The SMILES string of the molecule is O=C(NO)C(=C(O)Cc1ccccc1)C(O)(O)O. The topological polar surface area (TPSA) is 130 Å². The summed E-state index contributed by atoms with van der Waals surface area (Å²) in [6.45, 7) is 0. The molecule has 6 N–H and O–H groups in total. The van der Waals surface area contributed by atoms with E-state index in [-0.39, 0.29) is 6.42 Å². The first-order valence-corrected chi connectivity index (χ1v) is 4.94. The third-order valence-corrected chi connectivity index (χ3v) is 2.17. The average molecular weight is 255 g/mol. The molecule has 1 rings (SSSR count). The Hall–Kier alpha value is -1.93. The highest BCUT2D eigenvalue weighted by atomic mass is 16.7. The minimum Gasteiger partial charge on any atom is -0.511 e. The first kappa shape index (κ1) is 14.1. The van der Waals surface area contributed by atoms with Gasteiger partial charge in [-0.05, 0) is 5.56 Å². The lowest BCUT2D eigenvalue weighted by molar-refractivity contribution is -0.282. The van der Waals surface area contributed by atoms with Gasteiger partial charge in [0.05, 0.1) is 0 Å². The van der Waals surface area contributed by atoms with Crippen molar-refractivity contribution < 1.29 is 30.4 Å². The number of amides is 1. The maximum absolute atomic E-state index is 11.1. The van der Waals surface area contributed by atoms with Gasteiger partial charge >= 0.3 is 5.97 Å². The molecule has 0 saturated carbocycles. The van der Waals surface area contributed by atoms with Crippen molar-refractivity contribution in [1.29, 1.82) is 0 Å². The number of rotatable bonds is 4. The van der Waals surface area contributed by atoms with Crippen LogP contribution in [0.1, 0.15) is 5.56 Å². The van der Waals surface area contributed by atoms with Crippen LogP contribution in [-0.2, 0) is 11.2 Å². The summed E-state index contributed by atoms with van der Waals surface area (Å²) in [7, 11) is 0. The largest absolute Gasteiger partial charge is 0.511 e. The molecule has 0 aliphatic heterocycles. The van der Waals surface area contributed by atoms with Crippen LogP contribution < -0.4 is 5.48 Å². The van der Waals surface area contributed by atoms with Crippen molar-refractivity contribution in [2.24, 2.45) is 0 Å². The molecular formula is C11H13NO6. The number of carbonyl (C=O) groups excluding carboxylic acids is 1. The zero-order chi connectivity index (χ0) is 13.8. The third-order valence-electron chi connectivity index (χ3n) is 2.17. The molecule has 0 aliphatic carbocycles. The zero-order valence-corrected chi connectivity index (χ0v) is 9.24. The van der Waals surface area contributed by atoms with Crippen molar-refractivity contribution in [3.8, 4) is 0 Å². The van der Waals surface area contributed by atoms with E-state index >= 15 is 0 Å². The van der Waals surface area contributed by atoms with Crippen molar-refractivity contribution in [2.75, 3.05) is 0 Å². The number of allylic oxidation sites excluding steroid dienone is 1. The van der Waals surface area contributed by atoms with Crippen LogP contribution in [-0.4, -0.2) is 37.5 Å². The molecule has 1 aromatic rings. The molecule has 0 radical (unpaired) electrons. The second-order valence-electron chi connectivity index (χ2n) is 3.56. The first-order valence-electron chi connectivity index (χ1n) is 4.94. The van der Waals surface area contributed by atoms with Crippen LogP contribution in [0.25, 0.3) is 0 Å². The molecule has 0 unspecified atom stereocenters. The van der Waals surface area contributed by atoms with Crippen LogP contribution in [0.3, 0.4) is 0 Å². The summed E-state index contributed by atoms with van der Waals surface area (Å²) in [6.07, 6.45) is -0.215. The van der Waals surface area contributed by atoms with Crippen LogP contribution >= 0.6 is 0 Å². The van der Waals surface area contributed by atoms with Crippen molar-refractivity contribution in [3.63, 3.8) is 0 Å². The van der Waals surface area contributed by atoms with Gasteiger partial charge in [-0.2, -0.15) is 0 Å². The van der Waals surface area contributed by atoms with Crippen LogP contribution in [0.5, 0.6) is 0 Å². The summed E-state index contributed by atoms with van der Waals surface area (Å²) in [4.78, 5) is 11.1. The highest BCUT2D eigenvalue weighted by molar-refractivity contribution is 5.94. The Kier molecular flexibility index (Phi) is 4.40. The fraction of sp³-hybridized carbons (Fsp3) is 0.182. The molecule has 0 spiro atoms. The Morgan fingerprint density at radius 1 is 1.17 bits per heavy atom. The normalized spacial score (nSPS) is 12.9. The van der Waals surface area contributed by atoms with E-state index in [0.29, 0.717) is 5.56 Å². The van der Waals surface area contributed by atoms with Crippen molar-refractivity contribution >= 4 is 5.91 Å². The molecule has 98 valence electrons. The standard InChI is InChI=1S/C11H13NO6/c13-8(6-7-4-2-1-3-5-7)9(10(14)12-18)11(15,16)17/h1-5,13,15-18H,6H2,(H,12,14). The molecule has 7 heteroatoms. The van der Waals surface area contributed by atoms with E-state index < -0.39 is 23.2 Å².